The van der Waals surface area contributed by atoms with E-state index in [0.717, 1.165) is 32.5 Å². The molecule has 1 unspecified atom stereocenters. The van der Waals surface area contributed by atoms with Gasteiger partial charge in [-0.1, -0.05) is 13.8 Å². The van der Waals surface area contributed by atoms with Gasteiger partial charge in [0.2, 0.25) is 0 Å². The van der Waals surface area contributed by atoms with Crippen LogP contribution < -0.4 is 5.32 Å². The Hall–Kier alpha value is -1.30. The van der Waals surface area contributed by atoms with Crippen LogP contribution in [0.3, 0.4) is 0 Å². The number of amides is 2. The van der Waals surface area contributed by atoms with Gasteiger partial charge in [0.15, 0.2) is 0 Å². The molecule has 2 N–H and O–H groups in total. The van der Waals surface area contributed by atoms with Crippen molar-refractivity contribution in [3.05, 3.63) is 0 Å². The SMILES string of the molecule is CC(C)C[C@@H](NC(=O)N1CCCN2CCCC2C1)C(=O)O. The van der Waals surface area contributed by atoms with Crippen molar-refractivity contribution in [3.63, 3.8) is 0 Å². The van der Waals surface area contributed by atoms with Gasteiger partial charge in [-0.2, -0.15) is 0 Å². The zero-order valence-electron chi connectivity index (χ0n) is 13.0. The van der Waals surface area contributed by atoms with Crippen LogP contribution in [0.25, 0.3) is 0 Å². The second-order valence-corrected chi connectivity index (χ2v) is 6.60. The zero-order valence-corrected chi connectivity index (χ0v) is 13.0. The second-order valence-electron chi connectivity index (χ2n) is 6.60. The fraction of sp³-hybridized carbons (Fsp3) is 0.867. The predicted octanol–water partition coefficient (Wildman–Crippen LogP) is 1.37. The first-order valence-corrected chi connectivity index (χ1v) is 7.99. The van der Waals surface area contributed by atoms with Crippen LogP contribution in [0.1, 0.15) is 39.5 Å². The molecule has 2 amide bonds. The van der Waals surface area contributed by atoms with E-state index in [-0.39, 0.29) is 11.9 Å². The maximum absolute atomic E-state index is 12.4. The summed E-state index contributed by atoms with van der Waals surface area (Å²) in [5.74, 6) is -0.713. The van der Waals surface area contributed by atoms with Crippen molar-refractivity contribution in [1.82, 2.24) is 15.1 Å². The number of fused-ring (bicyclic) bond motifs is 1. The summed E-state index contributed by atoms with van der Waals surface area (Å²) in [7, 11) is 0. The van der Waals surface area contributed by atoms with E-state index in [0.29, 0.717) is 19.0 Å². The van der Waals surface area contributed by atoms with Crippen molar-refractivity contribution in [2.24, 2.45) is 5.92 Å². The fourth-order valence-corrected chi connectivity index (χ4v) is 3.32. The Morgan fingerprint density at radius 1 is 1.24 bits per heavy atom. The number of urea groups is 1. The van der Waals surface area contributed by atoms with Crippen LogP contribution in [0.4, 0.5) is 4.79 Å². The van der Waals surface area contributed by atoms with Crippen LogP contribution in [0, 0.1) is 5.92 Å². The Labute approximate surface area is 126 Å². The molecule has 2 saturated heterocycles. The third-order valence-corrected chi connectivity index (χ3v) is 4.39. The predicted molar refractivity (Wildman–Crippen MR) is 80.2 cm³/mol. The Bertz CT molecular complexity index is 386. The second kappa shape index (κ2) is 7.11. The molecule has 2 aliphatic rings. The van der Waals surface area contributed by atoms with E-state index < -0.39 is 12.0 Å². The molecule has 2 aliphatic heterocycles. The number of carboxylic acids is 1. The van der Waals surface area contributed by atoms with Gasteiger partial charge in [0, 0.05) is 25.7 Å². The van der Waals surface area contributed by atoms with Crippen LogP contribution in [0.15, 0.2) is 0 Å². The zero-order chi connectivity index (χ0) is 15.4. The highest BCUT2D eigenvalue weighted by atomic mass is 16.4. The van der Waals surface area contributed by atoms with Gasteiger partial charge in [0.05, 0.1) is 0 Å². The molecular weight excluding hydrogens is 270 g/mol. The minimum absolute atomic E-state index is 0.225. The first kappa shape index (κ1) is 16.1. The van der Waals surface area contributed by atoms with E-state index in [1.54, 1.807) is 4.90 Å². The van der Waals surface area contributed by atoms with Gasteiger partial charge in [0.25, 0.3) is 0 Å². The van der Waals surface area contributed by atoms with Crippen LogP contribution in [0.5, 0.6) is 0 Å². The van der Waals surface area contributed by atoms with Crippen molar-refractivity contribution in [1.29, 1.82) is 0 Å². The summed E-state index contributed by atoms with van der Waals surface area (Å²) in [5, 5.41) is 11.9. The first-order valence-electron chi connectivity index (χ1n) is 7.99. The van der Waals surface area contributed by atoms with Gasteiger partial charge >= 0.3 is 12.0 Å². The third-order valence-electron chi connectivity index (χ3n) is 4.39. The Morgan fingerprint density at radius 2 is 1.95 bits per heavy atom. The molecule has 2 atom stereocenters. The maximum atomic E-state index is 12.4. The van der Waals surface area contributed by atoms with Crippen LogP contribution in [-0.2, 0) is 4.79 Å². The van der Waals surface area contributed by atoms with Gasteiger partial charge in [-0.15, -0.1) is 0 Å². The summed E-state index contributed by atoms with van der Waals surface area (Å²) < 4.78 is 0. The van der Waals surface area contributed by atoms with E-state index in [1.807, 2.05) is 13.8 Å². The Balaban J connectivity index is 1.93. The third kappa shape index (κ3) is 4.33. The molecule has 2 rings (SSSR count). The molecule has 0 bridgehead atoms. The number of carbonyl (C=O) groups is 2. The summed E-state index contributed by atoms with van der Waals surface area (Å²) in [6.07, 6.45) is 3.76. The molecular formula is C15H27N3O3. The number of carbonyl (C=O) groups excluding carboxylic acids is 1. The monoisotopic (exact) mass is 297 g/mol. The molecule has 0 saturated carbocycles. The van der Waals surface area contributed by atoms with Crippen LogP contribution in [-0.4, -0.2) is 65.2 Å². The molecule has 21 heavy (non-hydrogen) atoms. The molecule has 120 valence electrons. The highest BCUT2D eigenvalue weighted by Gasteiger charge is 2.31. The maximum Gasteiger partial charge on any atom is 0.326 e. The Morgan fingerprint density at radius 3 is 2.62 bits per heavy atom. The topological polar surface area (TPSA) is 72.9 Å². The van der Waals surface area contributed by atoms with Crippen molar-refractivity contribution >= 4 is 12.0 Å². The first-order chi connectivity index (χ1) is 9.97. The normalized spacial score (nSPS) is 24.5. The number of nitrogens with one attached hydrogen (secondary N) is 1. The van der Waals surface area contributed by atoms with Gasteiger partial charge in [-0.05, 0) is 38.1 Å². The molecule has 6 heteroatoms. The van der Waals surface area contributed by atoms with E-state index in [4.69, 9.17) is 0 Å². The molecule has 6 nitrogen and oxygen atoms in total. The lowest BCUT2D eigenvalue weighted by Crippen LogP contribution is -2.50. The molecule has 0 radical (unpaired) electrons. The number of carboxylic acid groups (broad SMARTS) is 1. The van der Waals surface area contributed by atoms with Crippen molar-refractivity contribution < 1.29 is 14.7 Å². The summed E-state index contributed by atoms with van der Waals surface area (Å²) in [4.78, 5) is 27.9. The quantitative estimate of drug-likeness (QED) is 0.822. The highest BCUT2D eigenvalue weighted by molar-refractivity contribution is 5.82. The molecule has 0 aliphatic carbocycles. The minimum Gasteiger partial charge on any atom is -0.480 e. The van der Waals surface area contributed by atoms with Gasteiger partial charge in [0.1, 0.15) is 6.04 Å². The average Bonchev–Trinajstić information content (AvgIpc) is 2.74. The van der Waals surface area contributed by atoms with Gasteiger partial charge in [-0.3, -0.25) is 4.90 Å². The van der Waals surface area contributed by atoms with Crippen LogP contribution in [0.2, 0.25) is 0 Å². The molecule has 0 aromatic carbocycles. The van der Waals surface area contributed by atoms with E-state index in [2.05, 4.69) is 10.2 Å². The van der Waals surface area contributed by atoms with Crippen LogP contribution >= 0.6 is 0 Å². The van der Waals surface area contributed by atoms with Crippen molar-refractivity contribution in [2.75, 3.05) is 26.2 Å². The smallest absolute Gasteiger partial charge is 0.326 e. The standard InChI is InChI=1S/C15H27N3O3/c1-11(2)9-13(14(19)20)16-15(21)18-8-4-7-17-6-3-5-12(17)10-18/h11-13H,3-10H2,1-2H3,(H,16,21)(H,19,20)/t12?,13-/m1/s1. The molecule has 2 fully saturated rings. The molecule has 0 aromatic heterocycles. The van der Waals surface area contributed by atoms with E-state index in [9.17, 15) is 14.7 Å². The summed E-state index contributed by atoms with van der Waals surface area (Å²) in [6, 6.07) is -0.566. The number of rotatable bonds is 4. The lowest BCUT2D eigenvalue weighted by molar-refractivity contribution is -0.139. The summed E-state index contributed by atoms with van der Waals surface area (Å²) in [5.41, 5.74) is 0. The van der Waals surface area contributed by atoms with E-state index in [1.165, 1.54) is 6.42 Å². The minimum atomic E-state index is -0.950. The van der Waals surface area contributed by atoms with Crippen molar-refractivity contribution in [3.8, 4) is 0 Å². The lowest BCUT2D eigenvalue weighted by Gasteiger charge is -2.27. The molecule has 0 spiro atoms. The summed E-state index contributed by atoms with van der Waals surface area (Å²) in [6.45, 7) is 7.54. The molecule has 0 aromatic rings. The highest BCUT2D eigenvalue weighted by Crippen LogP contribution is 2.21. The number of hydrogen-bond donors (Lipinski definition) is 2. The number of nitrogens with zero attached hydrogens (tertiary/aromatic N) is 2. The largest absolute Gasteiger partial charge is 0.480 e. The van der Waals surface area contributed by atoms with E-state index >= 15 is 0 Å². The average molecular weight is 297 g/mol. The van der Waals surface area contributed by atoms with Gasteiger partial charge < -0.3 is 15.3 Å². The lowest BCUT2D eigenvalue weighted by atomic mass is 10.0. The van der Waals surface area contributed by atoms with Gasteiger partial charge in [-0.25, -0.2) is 9.59 Å². The Kier molecular flexibility index (Phi) is 5.45. The number of hydrogen-bond acceptors (Lipinski definition) is 3. The fourth-order valence-electron chi connectivity index (χ4n) is 3.32. The van der Waals surface area contributed by atoms with Crippen molar-refractivity contribution in [2.45, 2.75) is 51.6 Å². The number of aliphatic carboxylic acids is 1. The summed E-state index contributed by atoms with van der Waals surface area (Å²) >= 11 is 0. The molecule has 2 heterocycles.